The lowest BCUT2D eigenvalue weighted by molar-refractivity contribution is -0.144. The van der Waals surface area contributed by atoms with Gasteiger partial charge in [0.2, 0.25) is 17.7 Å². The smallest absolute Gasteiger partial charge is 0.408 e. The van der Waals surface area contributed by atoms with E-state index in [4.69, 9.17) is 15.2 Å². The van der Waals surface area contributed by atoms with E-state index in [-0.39, 0.29) is 50.3 Å². The van der Waals surface area contributed by atoms with E-state index in [1.807, 2.05) is 0 Å². The van der Waals surface area contributed by atoms with E-state index in [0.717, 1.165) is 25.7 Å². The first-order chi connectivity index (χ1) is 19.8. The lowest BCUT2D eigenvalue weighted by atomic mass is 9.99. The minimum absolute atomic E-state index is 0.0540. The number of phenolic OH excluding ortho intramolecular Hbond substituents is 1. The third-order valence-corrected chi connectivity index (χ3v) is 6.18. The predicted molar refractivity (Wildman–Crippen MR) is 157 cm³/mol. The number of alkyl carbamates (subject to hydrolysis) is 1. The third-order valence-electron chi connectivity index (χ3n) is 6.18. The fraction of sp³-hybridized carbons (Fsp3) is 0.633. The monoisotopic (exact) mass is 592 g/mol. The standard InChI is InChI=1S/C30H48N4O8/c1-6-8-9-10-13-20-34(28(39)22(16-17-24(31)36)33-29(40)42-30(3,4)5)26(21-14-11-12-15-23(21)35)27(38)32-19-18-25(37)41-7-2/h11-12,14-15,22,26,35H,6-10,13,16-20H2,1-5H3,(H2,31,36)(H,32,38)(H,33,40). The van der Waals surface area contributed by atoms with E-state index in [9.17, 15) is 29.1 Å². The zero-order chi connectivity index (χ0) is 31.7. The number of unbranched alkanes of at least 4 members (excludes halogenated alkanes) is 4. The molecule has 5 N–H and O–H groups in total. The van der Waals surface area contributed by atoms with Crippen molar-refractivity contribution in [1.82, 2.24) is 15.5 Å². The van der Waals surface area contributed by atoms with Gasteiger partial charge in [-0.15, -0.1) is 0 Å². The maximum atomic E-state index is 14.1. The number of carbonyl (C=O) groups excluding carboxylic acids is 5. The number of amides is 4. The van der Waals surface area contributed by atoms with Crippen LogP contribution in [-0.2, 0) is 28.7 Å². The molecule has 1 rings (SSSR count). The minimum atomic E-state index is -1.30. The Hall–Kier alpha value is -3.83. The number of para-hydroxylation sites is 1. The number of rotatable bonds is 18. The zero-order valence-corrected chi connectivity index (χ0v) is 25.6. The molecule has 0 aliphatic rings. The Bertz CT molecular complexity index is 1040. The number of hydrogen-bond donors (Lipinski definition) is 4. The first-order valence-corrected chi connectivity index (χ1v) is 14.6. The normalized spacial score (nSPS) is 12.5. The molecule has 1 aromatic rings. The molecule has 0 heterocycles. The molecule has 0 saturated heterocycles. The Morgan fingerprint density at radius 1 is 1.00 bits per heavy atom. The van der Waals surface area contributed by atoms with Gasteiger partial charge in [-0.3, -0.25) is 19.2 Å². The molecule has 12 heteroatoms. The number of hydrogen-bond acceptors (Lipinski definition) is 8. The maximum Gasteiger partial charge on any atom is 0.408 e. The molecule has 0 aromatic heterocycles. The van der Waals surface area contributed by atoms with Crippen LogP contribution in [0.15, 0.2) is 24.3 Å². The van der Waals surface area contributed by atoms with Gasteiger partial charge >= 0.3 is 12.1 Å². The van der Waals surface area contributed by atoms with E-state index in [0.29, 0.717) is 6.42 Å². The number of ether oxygens (including phenoxy) is 2. The largest absolute Gasteiger partial charge is 0.508 e. The summed E-state index contributed by atoms with van der Waals surface area (Å²) in [6.45, 7) is 9.03. The number of aromatic hydroxyl groups is 1. The van der Waals surface area contributed by atoms with E-state index in [2.05, 4.69) is 17.6 Å². The molecular formula is C30H48N4O8. The summed E-state index contributed by atoms with van der Waals surface area (Å²) in [5, 5.41) is 15.9. The van der Waals surface area contributed by atoms with Crippen LogP contribution in [0.3, 0.4) is 0 Å². The maximum absolute atomic E-state index is 14.1. The molecule has 0 radical (unpaired) electrons. The van der Waals surface area contributed by atoms with Crippen LogP contribution in [0.25, 0.3) is 0 Å². The minimum Gasteiger partial charge on any atom is -0.508 e. The molecule has 4 amide bonds. The number of primary amides is 1. The van der Waals surface area contributed by atoms with E-state index in [1.54, 1.807) is 39.8 Å². The van der Waals surface area contributed by atoms with Crippen LogP contribution in [0.5, 0.6) is 5.75 Å². The van der Waals surface area contributed by atoms with Crippen molar-refractivity contribution >= 4 is 29.8 Å². The summed E-state index contributed by atoms with van der Waals surface area (Å²) in [6, 6.07) is 3.60. The van der Waals surface area contributed by atoms with Crippen LogP contribution in [-0.4, -0.2) is 71.1 Å². The molecule has 0 spiro atoms. The van der Waals surface area contributed by atoms with Gasteiger partial charge in [0.25, 0.3) is 0 Å². The lowest BCUT2D eigenvalue weighted by Gasteiger charge is -2.34. The summed E-state index contributed by atoms with van der Waals surface area (Å²) in [5.74, 6) is -2.65. The lowest BCUT2D eigenvalue weighted by Crippen LogP contribution is -2.53. The first-order valence-electron chi connectivity index (χ1n) is 14.6. The van der Waals surface area contributed by atoms with Crippen LogP contribution in [0.2, 0.25) is 0 Å². The number of esters is 1. The number of nitrogens with two attached hydrogens (primary N) is 1. The third kappa shape index (κ3) is 13.7. The molecule has 236 valence electrons. The predicted octanol–water partition coefficient (Wildman–Crippen LogP) is 3.46. The van der Waals surface area contributed by atoms with E-state index >= 15 is 0 Å². The van der Waals surface area contributed by atoms with Crippen molar-refractivity contribution in [3.05, 3.63) is 29.8 Å². The van der Waals surface area contributed by atoms with Crippen molar-refractivity contribution in [2.24, 2.45) is 5.73 Å². The summed E-state index contributed by atoms with van der Waals surface area (Å²) in [4.78, 5) is 65.2. The molecule has 2 unspecified atom stereocenters. The van der Waals surface area contributed by atoms with Gasteiger partial charge < -0.3 is 35.8 Å². The van der Waals surface area contributed by atoms with Crippen molar-refractivity contribution in [3.8, 4) is 5.75 Å². The summed E-state index contributed by atoms with van der Waals surface area (Å²) in [5.41, 5.74) is 4.67. The number of phenols is 1. The SMILES string of the molecule is CCCCCCCN(C(=O)C(CCC(N)=O)NC(=O)OC(C)(C)C)C(C(=O)NCCC(=O)OCC)c1ccccc1O. The molecule has 0 saturated carbocycles. The molecule has 0 aliphatic heterocycles. The van der Waals surface area contributed by atoms with Crippen molar-refractivity contribution in [3.63, 3.8) is 0 Å². The Kier molecular flexibility index (Phi) is 16.0. The molecule has 0 aliphatic carbocycles. The second-order valence-electron chi connectivity index (χ2n) is 11.0. The molecule has 0 fully saturated rings. The number of carbonyl (C=O) groups is 5. The Morgan fingerprint density at radius 3 is 2.26 bits per heavy atom. The highest BCUT2D eigenvalue weighted by Crippen LogP contribution is 2.30. The summed E-state index contributed by atoms with van der Waals surface area (Å²) < 4.78 is 10.3. The van der Waals surface area contributed by atoms with Gasteiger partial charge in [-0.1, -0.05) is 50.8 Å². The fourth-order valence-corrected chi connectivity index (χ4v) is 4.23. The van der Waals surface area contributed by atoms with Crippen LogP contribution in [0, 0.1) is 0 Å². The van der Waals surface area contributed by atoms with Crippen LogP contribution in [0.1, 0.15) is 97.6 Å². The average molecular weight is 593 g/mol. The first kappa shape index (κ1) is 36.2. The molecule has 0 bridgehead atoms. The Balaban J connectivity index is 3.47. The summed E-state index contributed by atoms with van der Waals surface area (Å²) >= 11 is 0. The molecule has 42 heavy (non-hydrogen) atoms. The van der Waals surface area contributed by atoms with Gasteiger partial charge in [-0.05, 0) is 46.6 Å². The average Bonchev–Trinajstić information content (AvgIpc) is 2.89. The zero-order valence-electron chi connectivity index (χ0n) is 25.6. The Morgan fingerprint density at radius 2 is 1.67 bits per heavy atom. The van der Waals surface area contributed by atoms with Crippen LogP contribution < -0.4 is 16.4 Å². The van der Waals surface area contributed by atoms with Crippen molar-refractivity contribution in [2.45, 2.75) is 104 Å². The van der Waals surface area contributed by atoms with Crippen molar-refractivity contribution < 1.29 is 38.6 Å². The molecule has 12 nitrogen and oxygen atoms in total. The Labute approximate surface area is 248 Å². The number of nitrogens with zero attached hydrogens (tertiary/aromatic N) is 1. The highest BCUT2D eigenvalue weighted by molar-refractivity contribution is 5.93. The van der Waals surface area contributed by atoms with Gasteiger partial charge in [0.05, 0.1) is 13.0 Å². The quantitative estimate of drug-likeness (QED) is 0.148. The number of benzene rings is 1. The van der Waals surface area contributed by atoms with E-state index in [1.165, 1.54) is 17.0 Å². The van der Waals surface area contributed by atoms with Gasteiger partial charge in [0.1, 0.15) is 23.4 Å². The fourth-order valence-electron chi connectivity index (χ4n) is 4.23. The second-order valence-corrected chi connectivity index (χ2v) is 11.0. The molecular weight excluding hydrogens is 544 g/mol. The molecule has 2 atom stereocenters. The van der Waals surface area contributed by atoms with Gasteiger partial charge in [0, 0.05) is 25.1 Å². The highest BCUT2D eigenvalue weighted by Gasteiger charge is 2.37. The number of nitrogens with one attached hydrogen (secondary N) is 2. The van der Waals surface area contributed by atoms with Crippen molar-refractivity contribution in [2.75, 3.05) is 19.7 Å². The highest BCUT2D eigenvalue weighted by atomic mass is 16.6. The summed E-state index contributed by atoms with van der Waals surface area (Å²) in [6.07, 6.45) is 2.98. The summed E-state index contributed by atoms with van der Waals surface area (Å²) in [7, 11) is 0. The molecule has 1 aromatic carbocycles. The van der Waals surface area contributed by atoms with E-state index < -0.39 is 47.5 Å². The van der Waals surface area contributed by atoms with Crippen LogP contribution >= 0.6 is 0 Å². The van der Waals surface area contributed by atoms with Crippen molar-refractivity contribution in [1.29, 1.82) is 0 Å². The van der Waals surface area contributed by atoms with Crippen LogP contribution in [0.4, 0.5) is 4.79 Å². The van der Waals surface area contributed by atoms with Gasteiger partial charge in [-0.2, -0.15) is 0 Å². The van der Waals surface area contributed by atoms with Gasteiger partial charge in [-0.25, -0.2) is 4.79 Å². The topological polar surface area (TPSA) is 177 Å². The van der Waals surface area contributed by atoms with Gasteiger partial charge in [0.15, 0.2) is 0 Å². The second kappa shape index (κ2) is 18.6.